The summed E-state index contributed by atoms with van der Waals surface area (Å²) in [6, 6.07) is 0.351. The second-order valence-corrected chi connectivity index (χ2v) is 4.64. The van der Waals surface area contributed by atoms with E-state index in [4.69, 9.17) is 5.73 Å². The predicted molar refractivity (Wildman–Crippen MR) is 60.6 cm³/mol. The minimum atomic E-state index is -0.374. The van der Waals surface area contributed by atoms with Crippen LogP contribution in [-0.4, -0.2) is 53.9 Å². The molecule has 1 saturated heterocycles. The number of nitrogens with two attached hydrogens (primary N) is 1. The number of piperazine rings is 1. The van der Waals surface area contributed by atoms with Crippen LogP contribution < -0.4 is 11.1 Å². The molecule has 6 heteroatoms. The van der Waals surface area contributed by atoms with Crippen molar-refractivity contribution in [3.8, 4) is 0 Å². The maximum absolute atomic E-state index is 11.7. The summed E-state index contributed by atoms with van der Waals surface area (Å²) in [6.07, 6.45) is 0. The standard InChI is InChI=1S/C9H17N3O2S/c1-7-4-12(3-2-11-7)9(14)6-15-5-8(10)13/h7,11H,2-6H2,1H3,(H2,10,13)/t7-/m0/s1. The van der Waals surface area contributed by atoms with E-state index >= 15 is 0 Å². The number of hydrogen-bond acceptors (Lipinski definition) is 4. The molecule has 1 aliphatic heterocycles. The third-order valence-electron chi connectivity index (χ3n) is 2.19. The lowest BCUT2D eigenvalue weighted by Crippen LogP contribution is -2.51. The Morgan fingerprint density at radius 1 is 1.53 bits per heavy atom. The molecule has 0 spiro atoms. The fourth-order valence-corrected chi connectivity index (χ4v) is 2.15. The van der Waals surface area contributed by atoms with Gasteiger partial charge in [0.25, 0.3) is 0 Å². The Hall–Kier alpha value is -0.750. The van der Waals surface area contributed by atoms with E-state index in [-0.39, 0.29) is 17.6 Å². The van der Waals surface area contributed by atoms with Crippen LogP contribution in [0.25, 0.3) is 0 Å². The van der Waals surface area contributed by atoms with Crippen molar-refractivity contribution in [2.24, 2.45) is 5.73 Å². The first kappa shape index (κ1) is 12.3. The van der Waals surface area contributed by atoms with Crippen LogP contribution in [0.4, 0.5) is 0 Å². The van der Waals surface area contributed by atoms with E-state index in [0.717, 1.165) is 19.6 Å². The summed E-state index contributed by atoms with van der Waals surface area (Å²) in [4.78, 5) is 24.0. The lowest BCUT2D eigenvalue weighted by atomic mass is 10.2. The molecule has 15 heavy (non-hydrogen) atoms. The molecule has 0 aliphatic carbocycles. The summed E-state index contributed by atoms with van der Waals surface area (Å²) in [7, 11) is 0. The average Bonchev–Trinajstić information content (AvgIpc) is 2.17. The normalized spacial score (nSPS) is 21.4. The number of carbonyl (C=O) groups is 2. The third-order valence-corrected chi connectivity index (χ3v) is 3.13. The SMILES string of the molecule is C[C@H]1CN(C(=O)CSCC(N)=O)CCN1. The van der Waals surface area contributed by atoms with Crippen molar-refractivity contribution >= 4 is 23.6 Å². The van der Waals surface area contributed by atoms with Crippen LogP contribution in [0.5, 0.6) is 0 Å². The van der Waals surface area contributed by atoms with Gasteiger partial charge in [-0.2, -0.15) is 0 Å². The minimum Gasteiger partial charge on any atom is -0.369 e. The number of nitrogens with zero attached hydrogens (tertiary/aromatic N) is 1. The van der Waals surface area contributed by atoms with E-state index in [1.54, 1.807) is 0 Å². The highest BCUT2D eigenvalue weighted by Gasteiger charge is 2.19. The molecule has 5 nitrogen and oxygen atoms in total. The minimum absolute atomic E-state index is 0.0922. The molecular weight excluding hydrogens is 214 g/mol. The Morgan fingerprint density at radius 2 is 2.27 bits per heavy atom. The summed E-state index contributed by atoms with van der Waals surface area (Å²) in [5.41, 5.74) is 4.98. The molecular formula is C9H17N3O2S. The fraction of sp³-hybridized carbons (Fsp3) is 0.778. The van der Waals surface area contributed by atoms with Crippen LogP contribution in [0.1, 0.15) is 6.92 Å². The average molecular weight is 231 g/mol. The van der Waals surface area contributed by atoms with Gasteiger partial charge in [0.1, 0.15) is 0 Å². The monoisotopic (exact) mass is 231 g/mol. The Kier molecular flexibility index (Phi) is 4.90. The van der Waals surface area contributed by atoms with Crippen LogP contribution in [0.15, 0.2) is 0 Å². The molecule has 1 atom stereocenters. The van der Waals surface area contributed by atoms with Gasteiger partial charge in [0.15, 0.2) is 0 Å². The van der Waals surface area contributed by atoms with Gasteiger partial charge in [-0.1, -0.05) is 0 Å². The van der Waals surface area contributed by atoms with E-state index in [2.05, 4.69) is 12.2 Å². The van der Waals surface area contributed by atoms with Gasteiger partial charge in [-0.25, -0.2) is 0 Å². The highest BCUT2D eigenvalue weighted by molar-refractivity contribution is 8.00. The maximum atomic E-state index is 11.7. The zero-order valence-electron chi connectivity index (χ0n) is 8.86. The highest BCUT2D eigenvalue weighted by atomic mass is 32.2. The zero-order valence-corrected chi connectivity index (χ0v) is 9.68. The van der Waals surface area contributed by atoms with E-state index in [0.29, 0.717) is 11.8 Å². The van der Waals surface area contributed by atoms with E-state index in [1.807, 2.05) is 4.90 Å². The molecule has 3 N–H and O–H groups in total. The van der Waals surface area contributed by atoms with Crippen molar-refractivity contribution in [2.45, 2.75) is 13.0 Å². The molecule has 2 amide bonds. The zero-order chi connectivity index (χ0) is 11.3. The molecule has 0 bridgehead atoms. The lowest BCUT2D eigenvalue weighted by Gasteiger charge is -2.31. The lowest BCUT2D eigenvalue weighted by molar-refractivity contribution is -0.129. The summed E-state index contributed by atoms with van der Waals surface area (Å²) >= 11 is 1.28. The smallest absolute Gasteiger partial charge is 0.232 e. The van der Waals surface area contributed by atoms with Gasteiger partial charge < -0.3 is 16.0 Å². The molecule has 0 aromatic heterocycles. The van der Waals surface area contributed by atoms with Gasteiger partial charge in [-0.05, 0) is 6.92 Å². The van der Waals surface area contributed by atoms with E-state index in [1.165, 1.54) is 11.8 Å². The Labute approximate surface area is 93.7 Å². The fourth-order valence-electron chi connectivity index (χ4n) is 1.49. The summed E-state index contributed by atoms with van der Waals surface area (Å²) in [5, 5.41) is 3.27. The number of primary amides is 1. The first-order chi connectivity index (χ1) is 7.09. The van der Waals surface area contributed by atoms with E-state index < -0.39 is 0 Å². The molecule has 1 aliphatic rings. The number of carbonyl (C=O) groups excluding carboxylic acids is 2. The van der Waals surface area contributed by atoms with Gasteiger partial charge in [0.2, 0.25) is 11.8 Å². The quantitative estimate of drug-likeness (QED) is 0.652. The second kappa shape index (κ2) is 5.97. The van der Waals surface area contributed by atoms with Crippen molar-refractivity contribution in [3.63, 3.8) is 0 Å². The Morgan fingerprint density at radius 3 is 2.87 bits per heavy atom. The molecule has 0 aromatic carbocycles. The van der Waals surface area contributed by atoms with Gasteiger partial charge >= 0.3 is 0 Å². The van der Waals surface area contributed by atoms with Gasteiger partial charge in [0.05, 0.1) is 11.5 Å². The largest absolute Gasteiger partial charge is 0.369 e. The molecule has 0 aromatic rings. The molecule has 0 unspecified atom stereocenters. The van der Waals surface area contributed by atoms with Gasteiger partial charge in [0, 0.05) is 25.7 Å². The molecule has 1 fully saturated rings. The van der Waals surface area contributed by atoms with Gasteiger partial charge in [-0.15, -0.1) is 11.8 Å². The Balaban J connectivity index is 2.24. The van der Waals surface area contributed by atoms with E-state index in [9.17, 15) is 9.59 Å². The predicted octanol–water partition coefficient (Wildman–Crippen LogP) is -0.975. The van der Waals surface area contributed by atoms with Crippen molar-refractivity contribution in [3.05, 3.63) is 0 Å². The number of thioether (sulfide) groups is 1. The number of nitrogens with one attached hydrogen (secondary N) is 1. The topological polar surface area (TPSA) is 75.4 Å². The van der Waals surface area contributed by atoms with Crippen molar-refractivity contribution in [1.29, 1.82) is 0 Å². The van der Waals surface area contributed by atoms with Crippen LogP contribution in [0.2, 0.25) is 0 Å². The van der Waals surface area contributed by atoms with Gasteiger partial charge in [-0.3, -0.25) is 9.59 Å². The molecule has 1 heterocycles. The van der Waals surface area contributed by atoms with Crippen LogP contribution in [-0.2, 0) is 9.59 Å². The number of rotatable bonds is 4. The maximum Gasteiger partial charge on any atom is 0.232 e. The number of amides is 2. The summed E-state index contributed by atoms with van der Waals surface area (Å²) in [6.45, 7) is 4.39. The van der Waals surface area contributed by atoms with Crippen molar-refractivity contribution < 1.29 is 9.59 Å². The molecule has 86 valence electrons. The first-order valence-electron chi connectivity index (χ1n) is 4.97. The highest BCUT2D eigenvalue weighted by Crippen LogP contribution is 2.05. The van der Waals surface area contributed by atoms with Crippen LogP contribution in [0, 0.1) is 0 Å². The number of hydrogen-bond donors (Lipinski definition) is 2. The molecule has 0 saturated carbocycles. The van der Waals surface area contributed by atoms with Crippen LogP contribution in [0.3, 0.4) is 0 Å². The molecule has 1 rings (SSSR count). The summed E-state index contributed by atoms with van der Waals surface area (Å²) < 4.78 is 0. The van der Waals surface area contributed by atoms with Crippen LogP contribution >= 0.6 is 11.8 Å². The molecule has 0 radical (unpaired) electrons. The Bertz CT molecular complexity index is 248. The summed E-state index contributed by atoms with van der Waals surface area (Å²) in [5.74, 6) is 0.277. The van der Waals surface area contributed by atoms with Crippen molar-refractivity contribution in [1.82, 2.24) is 10.2 Å². The third kappa shape index (κ3) is 4.53. The first-order valence-corrected chi connectivity index (χ1v) is 6.12. The second-order valence-electron chi connectivity index (χ2n) is 3.65. The van der Waals surface area contributed by atoms with Crippen molar-refractivity contribution in [2.75, 3.05) is 31.1 Å².